The van der Waals surface area contributed by atoms with Crippen LogP contribution < -0.4 is 5.73 Å². The van der Waals surface area contributed by atoms with Crippen LogP contribution in [0.3, 0.4) is 0 Å². The Labute approximate surface area is 120 Å². The van der Waals surface area contributed by atoms with Crippen LogP contribution in [0.1, 0.15) is 34.6 Å². The van der Waals surface area contributed by atoms with Crippen LogP contribution in [-0.4, -0.2) is 54.8 Å². The Kier molecular flexibility index (Phi) is 5.70. The molecule has 0 radical (unpaired) electrons. The van der Waals surface area contributed by atoms with Crippen molar-refractivity contribution in [1.29, 1.82) is 0 Å². The summed E-state index contributed by atoms with van der Waals surface area (Å²) in [5.74, 6) is -0.214. The van der Waals surface area contributed by atoms with E-state index >= 15 is 0 Å². The summed E-state index contributed by atoms with van der Waals surface area (Å²) >= 11 is 0. The van der Waals surface area contributed by atoms with E-state index in [1.165, 1.54) is 0 Å². The number of carbonyl (C=O) groups excluding carboxylic acids is 2. The van der Waals surface area contributed by atoms with Gasteiger partial charge in [0.1, 0.15) is 0 Å². The zero-order valence-corrected chi connectivity index (χ0v) is 12.6. The van der Waals surface area contributed by atoms with Gasteiger partial charge in [-0.25, -0.2) is 0 Å². The van der Waals surface area contributed by atoms with Crippen molar-refractivity contribution in [2.45, 2.75) is 19.9 Å². The van der Waals surface area contributed by atoms with Gasteiger partial charge in [0.2, 0.25) is 0 Å². The fourth-order valence-corrected chi connectivity index (χ4v) is 1.71. The number of benzene rings is 1. The smallest absolute Gasteiger partial charge is 0.253 e. The van der Waals surface area contributed by atoms with Crippen LogP contribution in [0, 0.1) is 0 Å². The molecular weight excluding hydrogens is 254 g/mol. The molecule has 1 unspecified atom stereocenters. The first-order chi connectivity index (χ1) is 9.42. The molecule has 5 nitrogen and oxygen atoms in total. The summed E-state index contributed by atoms with van der Waals surface area (Å²) in [5.41, 5.74) is 6.60. The van der Waals surface area contributed by atoms with Crippen LogP contribution in [0.25, 0.3) is 0 Å². The topological polar surface area (TPSA) is 66.6 Å². The molecule has 5 heteroatoms. The van der Waals surface area contributed by atoms with E-state index in [2.05, 4.69) is 0 Å². The fourth-order valence-electron chi connectivity index (χ4n) is 1.71. The molecule has 1 aromatic rings. The Hall–Kier alpha value is -1.88. The summed E-state index contributed by atoms with van der Waals surface area (Å²) in [7, 11) is 3.45. The standard InChI is InChI=1S/C15H23N3O2/c1-5-17(3)14(19)12-7-6-8-13(9-12)15(20)18(4)11(2)10-16/h6-9,11H,5,10,16H2,1-4H3. The lowest BCUT2D eigenvalue weighted by Gasteiger charge is -2.24. The van der Waals surface area contributed by atoms with Crippen molar-refractivity contribution in [3.63, 3.8) is 0 Å². The third-order valence-corrected chi connectivity index (χ3v) is 3.50. The Bertz CT molecular complexity index is 488. The molecule has 0 saturated carbocycles. The van der Waals surface area contributed by atoms with Crippen molar-refractivity contribution in [2.24, 2.45) is 5.73 Å². The zero-order chi connectivity index (χ0) is 15.3. The molecule has 0 fully saturated rings. The van der Waals surface area contributed by atoms with Gasteiger partial charge in [-0.15, -0.1) is 0 Å². The van der Waals surface area contributed by atoms with Gasteiger partial charge in [0.15, 0.2) is 0 Å². The summed E-state index contributed by atoms with van der Waals surface area (Å²) in [4.78, 5) is 27.6. The normalized spacial score (nSPS) is 11.8. The molecule has 0 aliphatic heterocycles. The van der Waals surface area contributed by atoms with Gasteiger partial charge in [0.05, 0.1) is 0 Å². The van der Waals surface area contributed by atoms with Crippen molar-refractivity contribution in [2.75, 3.05) is 27.2 Å². The van der Waals surface area contributed by atoms with Gasteiger partial charge in [-0.2, -0.15) is 0 Å². The maximum absolute atomic E-state index is 12.3. The highest BCUT2D eigenvalue weighted by atomic mass is 16.2. The summed E-state index contributed by atoms with van der Waals surface area (Å²) in [6.07, 6.45) is 0. The molecule has 2 N–H and O–H groups in total. The predicted molar refractivity (Wildman–Crippen MR) is 79.7 cm³/mol. The molecule has 0 aliphatic rings. The maximum Gasteiger partial charge on any atom is 0.253 e. The van der Waals surface area contributed by atoms with E-state index in [4.69, 9.17) is 5.73 Å². The highest BCUT2D eigenvalue weighted by Gasteiger charge is 2.18. The highest BCUT2D eigenvalue weighted by Crippen LogP contribution is 2.11. The minimum atomic E-state index is -0.128. The van der Waals surface area contributed by atoms with Crippen molar-refractivity contribution >= 4 is 11.8 Å². The number of carbonyl (C=O) groups is 2. The Morgan fingerprint density at radius 2 is 1.75 bits per heavy atom. The molecule has 0 bridgehead atoms. The highest BCUT2D eigenvalue weighted by molar-refractivity contribution is 5.99. The van der Waals surface area contributed by atoms with Gasteiger partial charge in [-0.3, -0.25) is 9.59 Å². The molecule has 2 amide bonds. The first-order valence-corrected chi connectivity index (χ1v) is 6.75. The number of rotatable bonds is 5. The molecule has 0 aliphatic carbocycles. The van der Waals surface area contributed by atoms with Crippen LogP contribution in [0.5, 0.6) is 0 Å². The minimum Gasteiger partial charge on any atom is -0.342 e. The average molecular weight is 277 g/mol. The molecule has 0 saturated heterocycles. The van der Waals surface area contributed by atoms with Crippen molar-refractivity contribution < 1.29 is 9.59 Å². The van der Waals surface area contributed by atoms with Gasteiger partial charge in [-0.1, -0.05) is 6.07 Å². The zero-order valence-electron chi connectivity index (χ0n) is 12.6. The van der Waals surface area contributed by atoms with E-state index in [1.54, 1.807) is 48.2 Å². The van der Waals surface area contributed by atoms with Crippen molar-refractivity contribution in [3.05, 3.63) is 35.4 Å². The Balaban J connectivity index is 2.99. The number of nitrogens with two attached hydrogens (primary N) is 1. The molecule has 20 heavy (non-hydrogen) atoms. The Morgan fingerprint density at radius 3 is 2.25 bits per heavy atom. The van der Waals surface area contributed by atoms with E-state index in [-0.39, 0.29) is 17.9 Å². The molecular formula is C15H23N3O2. The second kappa shape index (κ2) is 7.05. The lowest BCUT2D eigenvalue weighted by Crippen LogP contribution is -2.39. The molecule has 0 spiro atoms. The van der Waals surface area contributed by atoms with Gasteiger partial charge in [-0.05, 0) is 32.0 Å². The molecule has 0 heterocycles. The van der Waals surface area contributed by atoms with E-state index in [0.717, 1.165) is 0 Å². The molecule has 1 rings (SSSR count). The lowest BCUT2D eigenvalue weighted by molar-refractivity contribution is 0.0748. The van der Waals surface area contributed by atoms with E-state index in [1.807, 2.05) is 13.8 Å². The third kappa shape index (κ3) is 3.57. The van der Waals surface area contributed by atoms with Crippen LogP contribution in [0.15, 0.2) is 24.3 Å². The summed E-state index contributed by atoms with van der Waals surface area (Å²) < 4.78 is 0. The molecule has 110 valence electrons. The fraction of sp³-hybridized carbons (Fsp3) is 0.467. The van der Waals surface area contributed by atoms with E-state index in [0.29, 0.717) is 24.2 Å². The summed E-state index contributed by atoms with van der Waals surface area (Å²) in [6, 6.07) is 6.75. The van der Waals surface area contributed by atoms with Gasteiger partial charge >= 0.3 is 0 Å². The Morgan fingerprint density at radius 1 is 1.20 bits per heavy atom. The maximum atomic E-state index is 12.3. The van der Waals surface area contributed by atoms with Gasteiger partial charge in [0, 0.05) is 44.4 Å². The van der Waals surface area contributed by atoms with Crippen molar-refractivity contribution in [3.8, 4) is 0 Å². The number of hydrogen-bond acceptors (Lipinski definition) is 3. The largest absolute Gasteiger partial charge is 0.342 e. The van der Waals surface area contributed by atoms with Crippen LogP contribution in [0.2, 0.25) is 0 Å². The van der Waals surface area contributed by atoms with E-state index < -0.39 is 0 Å². The van der Waals surface area contributed by atoms with Crippen LogP contribution in [0.4, 0.5) is 0 Å². The number of likely N-dealkylation sites (N-methyl/N-ethyl adjacent to an activating group) is 1. The first-order valence-electron chi connectivity index (χ1n) is 6.75. The predicted octanol–water partition coefficient (Wildman–Crippen LogP) is 1.20. The first kappa shape index (κ1) is 16.2. The molecule has 1 atom stereocenters. The number of amides is 2. The second-order valence-electron chi connectivity index (χ2n) is 4.90. The molecule has 1 aromatic carbocycles. The van der Waals surface area contributed by atoms with Crippen LogP contribution >= 0.6 is 0 Å². The van der Waals surface area contributed by atoms with Gasteiger partial charge in [0.25, 0.3) is 11.8 Å². The SMILES string of the molecule is CCN(C)C(=O)c1cccc(C(=O)N(C)C(C)CN)c1. The molecule has 0 aromatic heterocycles. The van der Waals surface area contributed by atoms with E-state index in [9.17, 15) is 9.59 Å². The second-order valence-corrected chi connectivity index (χ2v) is 4.90. The minimum absolute atomic E-state index is 0.0415. The lowest BCUT2D eigenvalue weighted by atomic mass is 10.1. The van der Waals surface area contributed by atoms with Gasteiger partial charge < -0.3 is 15.5 Å². The average Bonchev–Trinajstić information content (AvgIpc) is 2.51. The number of hydrogen-bond donors (Lipinski definition) is 1. The van der Waals surface area contributed by atoms with Crippen molar-refractivity contribution in [1.82, 2.24) is 9.80 Å². The summed E-state index contributed by atoms with van der Waals surface area (Å²) in [6.45, 7) is 4.82. The monoisotopic (exact) mass is 277 g/mol. The third-order valence-electron chi connectivity index (χ3n) is 3.50. The number of nitrogens with zero attached hydrogens (tertiary/aromatic N) is 2. The quantitative estimate of drug-likeness (QED) is 0.879. The van der Waals surface area contributed by atoms with Crippen LogP contribution in [-0.2, 0) is 0 Å². The summed E-state index contributed by atoms with van der Waals surface area (Å²) in [5, 5.41) is 0.